The van der Waals surface area contributed by atoms with Crippen LogP contribution in [0.5, 0.6) is 11.5 Å². The number of unbranched alkanes of at least 4 members (excludes halogenated alkanes) is 1. The number of amides is 1. The smallest absolute Gasteiger partial charge is 0.295 e. The molecule has 1 fully saturated rings. The number of hydrogen-bond donors (Lipinski definition) is 1. The van der Waals surface area contributed by atoms with E-state index in [9.17, 15) is 14.7 Å². The molecular weight excluding hydrogens is 454 g/mol. The summed E-state index contributed by atoms with van der Waals surface area (Å²) in [5.41, 5.74) is 2.09. The van der Waals surface area contributed by atoms with Crippen molar-refractivity contribution in [3.05, 3.63) is 101 Å². The number of ether oxygens (including phenoxy) is 2. The monoisotopic (exact) mass is 485 g/mol. The summed E-state index contributed by atoms with van der Waals surface area (Å²) in [6.07, 6.45) is 1.92. The summed E-state index contributed by atoms with van der Waals surface area (Å²) >= 11 is 0. The van der Waals surface area contributed by atoms with Crippen molar-refractivity contribution in [2.45, 2.75) is 39.3 Å². The molecule has 1 heterocycles. The van der Waals surface area contributed by atoms with Crippen LogP contribution in [-0.4, -0.2) is 34.9 Å². The van der Waals surface area contributed by atoms with Crippen molar-refractivity contribution in [2.75, 3.05) is 13.2 Å². The lowest BCUT2D eigenvalue weighted by Crippen LogP contribution is -2.29. The van der Waals surface area contributed by atoms with Gasteiger partial charge in [-0.2, -0.15) is 0 Å². The first-order valence-electron chi connectivity index (χ1n) is 12.3. The molecule has 0 radical (unpaired) electrons. The standard InChI is InChI=1S/C30H31NO5/c1-3-5-18-36-25-13-9-12-23(19-25)28(32)26-27(22-14-16-24(17-15-22)35-4-2)31(30(34)29(26)33)20-21-10-7-6-8-11-21/h6-17,19,27,32H,3-5,18,20H2,1-2H3/b28-26+. The van der Waals surface area contributed by atoms with Gasteiger partial charge in [0.05, 0.1) is 24.8 Å². The third-order valence-corrected chi connectivity index (χ3v) is 6.12. The molecule has 6 heteroatoms. The van der Waals surface area contributed by atoms with Crippen molar-refractivity contribution >= 4 is 17.4 Å². The summed E-state index contributed by atoms with van der Waals surface area (Å²) in [6, 6.07) is 23.0. The van der Waals surface area contributed by atoms with Gasteiger partial charge in [-0.15, -0.1) is 0 Å². The topological polar surface area (TPSA) is 76.1 Å². The summed E-state index contributed by atoms with van der Waals surface area (Å²) < 4.78 is 11.3. The van der Waals surface area contributed by atoms with Crippen molar-refractivity contribution in [3.63, 3.8) is 0 Å². The zero-order valence-corrected chi connectivity index (χ0v) is 20.6. The molecule has 1 saturated heterocycles. The van der Waals surface area contributed by atoms with Crippen LogP contribution in [0.15, 0.2) is 84.4 Å². The van der Waals surface area contributed by atoms with E-state index in [0.717, 1.165) is 18.4 Å². The van der Waals surface area contributed by atoms with Gasteiger partial charge in [-0.05, 0) is 48.7 Å². The average Bonchev–Trinajstić information content (AvgIpc) is 3.15. The molecule has 1 atom stereocenters. The SMILES string of the molecule is CCCCOc1cccc(/C(O)=C2\C(=O)C(=O)N(Cc3ccccc3)C2c2ccc(OCC)cc2)c1. The van der Waals surface area contributed by atoms with Crippen LogP contribution in [0, 0.1) is 0 Å². The first kappa shape index (κ1) is 25.0. The highest BCUT2D eigenvalue weighted by Gasteiger charge is 2.46. The molecule has 0 spiro atoms. The van der Waals surface area contributed by atoms with Crippen molar-refractivity contribution in [2.24, 2.45) is 0 Å². The molecule has 4 rings (SSSR count). The molecule has 6 nitrogen and oxygen atoms in total. The molecule has 0 aliphatic carbocycles. The number of carbonyl (C=O) groups is 2. The average molecular weight is 486 g/mol. The molecule has 1 amide bonds. The number of rotatable bonds is 10. The number of Topliss-reactive ketones (excluding diaryl/α,β-unsaturated/α-hetero) is 1. The largest absolute Gasteiger partial charge is 0.507 e. The first-order chi connectivity index (χ1) is 17.5. The highest BCUT2D eigenvalue weighted by Crippen LogP contribution is 2.41. The van der Waals surface area contributed by atoms with Crippen LogP contribution in [-0.2, 0) is 16.1 Å². The molecule has 36 heavy (non-hydrogen) atoms. The maximum absolute atomic E-state index is 13.3. The number of likely N-dealkylation sites (tertiary alicyclic amines) is 1. The lowest BCUT2D eigenvalue weighted by molar-refractivity contribution is -0.140. The molecule has 1 aliphatic rings. The second-order valence-corrected chi connectivity index (χ2v) is 8.64. The number of aliphatic hydroxyl groups excluding tert-OH is 1. The molecule has 0 aromatic heterocycles. The Bertz CT molecular complexity index is 1230. The van der Waals surface area contributed by atoms with Crippen LogP contribution in [0.4, 0.5) is 0 Å². The van der Waals surface area contributed by atoms with Gasteiger partial charge in [0.2, 0.25) is 0 Å². The molecule has 0 saturated carbocycles. The first-order valence-corrected chi connectivity index (χ1v) is 12.3. The minimum absolute atomic E-state index is 0.0609. The number of benzene rings is 3. The molecule has 3 aromatic carbocycles. The Balaban J connectivity index is 1.77. The van der Waals surface area contributed by atoms with Crippen molar-refractivity contribution in [1.82, 2.24) is 4.90 Å². The van der Waals surface area contributed by atoms with Gasteiger partial charge in [0, 0.05) is 12.1 Å². The summed E-state index contributed by atoms with van der Waals surface area (Å²) in [5, 5.41) is 11.4. The van der Waals surface area contributed by atoms with Crippen LogP contribution in [0.2, 0.25) is 0 Å². The lowest BCUT2D eigenvalue weighted by atomic mass is 9.95. The van der Waals surface area contributed by atoms with Crippen LogP contribution in [0.3, 0.4) is 0 Å². The third kappa shape index (κ3) is 5.43. The third-order valence-electron chi connectivity index (χ3n) is 6.12. The fourth-order valence-electron chi connectivity index (χ4n) is 4.31. The van der Waals surface area contributed by atoms with Gasteiger partial charge >= 0.3 is 0 Å². The van der Waals surface area contributed by atoms with Gasteiger partial charge in [0.25, 0.3) is 11.7 Å². The predicted octanol–water partition coefficient (Wildman–Crippen LogP) is 5.89. The highest BCUT2D eigenvalue weighted by atomic mass is 16.5. The zero-order valence-electron chi connectivity index (χ0n) is 20.6. The molecule has 186 valence electrons. The molecule has 1 N–H and O–H groups in total. The second kappa shape index (κ2) is 11.6. The normalized spacial score (nSPS) is 16.8. The minimum Gasteiger partial charge on any atom is -0.507 e. The Kier molecular flexibility index (Phi) is 8.06. The van der Waals surface area contributed by atoms with Crippen LogP contribution in [0.25, 0.3) is 5.76 Å². The van der Waals surface area contributed by atoms with Gasteiger partial charge in [-0.25, -0.2) is 0 Å². The van der Waals surface area contributed by atoms with Gasteiger partial charge in [-0.3, -0.25) is 9.59 Å². The summed E-state index contributed by atoms with van der Waals surface area (Å²) in [7, 11) is 0. The Morgan fingerprint density at radius 3 is 2.33 bits per heavy atom. The molecule has 3 aromatic rings. The Labute approximate surface area is 211 Å². The van der Waals surface area contributed by atoms with E-state index >= 15 is 0 Å². The van der Waals surface area contributed by atoms with E-state index in [1.54, 1.807) is 18.2 Å². The van der Waals surface area contributed by atoms with Crippen molar-refractivity contribution in [1.29, 1.82) is 0 Å². The quantitative estimate of drug-likeness (QED) is 0.168. The van der Waals surface area contributed by atoms with E-state index in [2.05, 4.69) is 6.92 Å². The summed E-state index contributed by atoms with van der Waals surface area (Å²) in [5.74, 6) is -0.278. The number of hydrogen-bond acceptors (Lipinski definition) is 5. The molecule has 1 unspecified atom stereocenters. The van der Waals surface area contributed by atoms with Crippen LogP contribution in [0.1, 0.15) is 49.4 Å². The summed E-state index contributed by atoms with van der Waals surface area (Å²) in [4.78, 5) is 28.1. The van der Waals surface area contributed by atoms with Crippen molar-refractivity contribution < 1.29 is 24.2 Å². The lowest BCUT2D eigenvalue weighted by Gasteiger charge is -2.25. The molecular formula is C30H31NO5. The molecule has 0 bridgehead atoms. The van der Waals surface area contributed by atoms with E-state index in [1.807, 2.05) is 67.6 Å². The Morgan fingerprint density at radius 2 is 1.64 bits per heavy atom. The second-order valence-electron chi connectivity index (χ2n) is 8.64. The maximum Gasteiger partial charge on any atom is 0.295 e. The fourth-order valence-corrected chi connectivity index (χ4v) is 4.31. The van der Waals surface area contributed by atoms with Crippen molar-refractivity contribution in [3.8, 4) is 11.5 Å². The zero-order chi connectivity index (χ0) is 25.5. The van der Waals surface area contributed by atoms with Gasteiger partial charge in [-0.1, -0.05) is 67.9 Å². The van der Waals surface area contributed by atoms with E-state index in [-0.39, 0.29) is 17.9 Å². The molecule has 1 aliphatic heterocycles. The summed E-state index contributed by atoms with van der Waals surface area (Å²) in [6.45, 7) is 5.32. The predicted molar refractivity (Wildman–Crippen MR) is 139 cm³/mol. The Hall–Kier alpha value is -4.06. The van der Waals surface area contributed by atoms with E-state index in [4.69, 9.17) is 9.47 Å². The maximum atomic E-state index is 13.3. The Morgan fingerprint density at radius 1 is 0.889 bits per heavy atom. The number of nitrogens with zero attached hydrogens (tertiary/aromatic N) is 1. The van der Waals surface area contributed by atoms with Crippen LogP contribution < -0.4 is 9.47 Å². The van der Waals surface area contributed by atoms with Gasteiger partial charge in [0.1, 0.15) is 17.3 Å². The number of carbonyl (C=O) groups excluding carboxylic acids is 2. The highest BCUT2D eigenvalue weighted by molar-refractivity contribution is 6.46. The number of aliphatic hydroxyl groups is 1. The fraction of sp³-hybridized carbons (Fsp3) is 0.267. The minimum atomic E-state index is -0.745. The van der Waals surface area contributed by atoms with E-state index in [1.165, 1.54) is 4.90 Å². The van der Waals surface area contributed by atoms with Crippen LogP contribution >= 0.6 is 0 Å². The van der Waals surface area contributed by atoms with E-state index in [0.29, 0.717) is 35.8 Å². The van der Waals surface area contributed by atoms with E-state index < -0.39 is 17.7 Å². The van der Waals surface area contributed by atoms with Gasteiger partial charge in [0.15, 0.2) is 0 Å². The number of ketones is 1. The van der Waals surface area contributed by atoms with Gasteiger partial charge < -0.3 is 19.5 Å².